The Kier molecular flexibility index (Phi) is 12.7. The first-order chi connectivity index (χ1) is 9.45. The van der Waals surface area contributed by atoms with Crippen LogP contribution in [0.5, 0.6) is 0 Å². The van der Waals surface area contributed by atoms with E-state index in [2.05, 4.69) is 58.3 Å². The van der Waals surface area contributed by atoms with Gasteiger partial charge in [0.25, 0.3) is 0 Å². The van der Waals surface area contributed by atoms with Gasteiger partial charge in [0.05, 0.1) is 0 Å². The number of rotatable bonds is 13. The van der Waals surface area contributed by atoms with Crippen LogP contribution in [0.3, 0.4) is 0 Å². The molecule has 0 nitrogen and oxygen atoms in total. The summed E-state index contributed by atoms with van der Waals surface area (Å²) >= 11 is 8.37. The second-order valence-corrected chi connectivity index (χ2v) is 24.2. The molecule has 0 aromatic heterocycles. The van der Waals surface area contributed by atoms with Gasteiger partial charge in [-0.1, -0.05) is 66.2 Å². The van der Waals surface area contributed by atoms with E-state index in [1.165, 1.54) is 74.8 Å². The van der Waals surface area contributed by atoms with E-state index in [-0.39, 0.29) is 0 Å². The fourth-order valence-corrected chi connectivity index (χ4v) is 16.7. The van der Waals surface area contributed by atoms with Gasteiger partial charge in [0.1, 0.15) is 13.4 Å². The van der Waals surface area contributed by atoms with Gasteiger partial charge in [-0.15, -0.1) is 30.6 Å². The first-order valence-corrected chi connectivity index (χ1v) is 18.6. The summed E-state index contributed by atoms with van der Waals surface area (Å²) in [6, 6.07) is 8.90. The zero-order valence-electron chi connectivity index (χ0n) is 14.2. The minimum Gasteiger partial charge on any atom is -0.126 e. The van der Waals surface area contributed by atoms with Crippen molar-refractivity contribution in [2.24, 2.45) is 0 Å². The molecule has 0 amide bonds. The van der Waals surface area contributed by atoms with Gasteiger partial charge >= 0.3 is 0 Å². The molecule has 0 saturated heterocycles. The van der Waals surface area contributed by atoms with Crippen LogP contribution in [0.15, 0.2) is 0 Å². The van der Waals surface area contributed by atoms with Crippen LogP contribution in [0.4, 0.5) is 0 Å². The third-order valence-electron chi connectivity index (χ3n) is 4.29. The zero-order valence-corrected chi connectivity index (χ0v) is 19.4. The molecule has 4 heteroatoms. The van der Waals surface area contributed by atoms with Gasteiger partial charge in [0.2, 0.25) is 0 Å². The highest BCUT2D eigenvalue weighted by atomic mass is 79.9. The molecule has 0 saturated carbocycles. The fraction of sp³-hybridized carbons (Fsp3) is 1.00. The maximum Gasteiger partial charge on any atom is 0.130 e. The summed E-state index contributed by atoms with van der Waals surface area (Å²) < 4.78 is 0. The van der Waals surface area contributed by atoms with Crippen LogP contribution in [0.2, 0.25) is 36.3 Å². The smallest absolute Gasteiger partial charge is 0.126 e. The average molecular weight is 444 g/mol. The number of halogens is 2. The summed E-state index contributed by atoms with van der Waals surface area (Å²) in [7, 11) is 0. The van der Waals surface area contributed by atoms with E-state index in [9.17, 15) is 0 Å². The highest BCUT2D eigenvalue weighted by Crippen LogP contribution is 2.36. The Bertz CT molecular complexity index is 199. The fourth-order valence-electron chi connectivity index (χ4n) is 3.43. The molecule has 0 rings (SSSR count). The van der Waals surface area contributed by atoms with Crippen LogP contribution < -0.4 is 0 Å². The molecule has 0 radical (unpaired) electrons. The molecular formula is C16H36Br2Si2. The monoisotopic (exact) mass is 442 g/mol. The van der Waals surface area contributed by atoms with E-state index < -0.39 is 13.4 Å². The standard InChI is InChI=1S/C16H36Br2Si2/c1-5-11-19(17,12-6-2)15-9-10-16-20(18,13-7-3)14-8-4/h5-16H2,1-4H3. The van der Waals surface area contributed by atoms with Crippen LogP contribution in [0.25, 0.3) is 0 Å². The van der Waals surface area contributed by atoms with Gasteiger partial charge in [-0.05, 0) is 36.3 Å². The Labute approximate surface area is 146 Å². The predicted octanol–water partition coefficient (Wildman–Crippen LogP) is 8.09. The van der Waals surface area contributed by atoms with Crippen molar-refractivity contribution < 1.29 is 0 Å². The quantitative estimate of drug-likeness (QED) is 0.153. The highest BCUT2D eigenvalue weighted by Gasteiger charge is 2.29. The molecular weight excluding hydrogens is 408 g/mol. The van der Waals surface area contributed by atoms with E-state index in [0.29, 0.717) is 0 Å². The highest BCUT2D eigenvalue weighted by molar-refractivity contribution is 9.26. The van der Waals surface area contributed by atoms with E-state index in [1.54, 1.807) is 0 Å². The van der Waals surface area contributed by atoms with Gasteiger partial charge in [-0.25, -0.2) is 0 Å². The molecule has 0 N–H and O–H groups in total. The van der Waals surface area contributed by atoms with Gasteiger partial charge in [-0.3, -0.25) is 0 Å². The third kappa shape index (κ3) is 9.42. The average Bonchev–Trinajstić information content (AvgIpc) is 2.36. The van der Waals surface area contributed by atoms with Crippen molar-refractivity contribution in [3.05, 3.63) is 0 Å². The van der Waals surface area contributed by atoms with E-state index >= 15 is 0 Å². The van der Waals surface area contributed by atoms with Crippen LogP contribution in [0.1, 0.15) is 66.2 Å². The Morgan fingerprint density at radius 3 is 0.950 bits per heavy atom. The number of unbranched alkanes of at least 4 members (excludes halogenated alkanes) is 1. The van der Waals surface area contributed by atoms with Crippen molar-refractivity contribution in [3.8, 4) is 0 Å². The SMILES string of the molecule is CCC[Si](Br)(CCC)CCCC[Si](Br)(CCC)CCC. The van der Waals surface area contributed by atoms with Crippen molar-refractivity contribution in [3.63, 3.8) is 0 Å². The lowest BCUT2D eigenvalue weighted by Gasteiger charge is -2.27. The van der Waals surface area contributed by atoms with Crippen molar-refractivity contribution in [1.29, 1.82) is 0 Å². The minimum absolute atomic E-state index is 1.07. The number of hydrogen-bond acceptors (Lipinski definition) is 0. The maximum absolute atomic E-state index is 4.19. The van der Waals surface area contributed by atoms with Crippen LogP contribution in [-0.2, 0) is 0 Å². The molecule has 0 heterocycles. The second kappa shape index (κ2) is 11.9. The predicted molar refractivity (Wildman–Crippen MR) is 109 cm³/mol. The lowest BCUT2D eigenvalue weighted by Crippen LogP contribution is -2.27. The lowest BCUT2D eigenvalue weighted by molar-refractivity contribution is 0.831. The molecule has 0 atom stereocenters. The van der Waals surface area contributed by atoms with E-state index in [0.717, 1.165) is 0 Å². The Balaban J connectivity index is 4.13. The molecule has 20 heavy (non-hydrogen) atoms. The zero-order chi connectivity index (χ0) is 15.5. The third-order valence-corrected chi connectivity index (χ3v) is 19.5. The van der Waals surface area contributed by atoms with Gasteiger partial charge in [0.15, 0.2) is 0 Å². The van der Waals surface area contributed by atoms with Gasteiger partial charge in [0, 0.05) is 0 Å². The molecule has 0 aliphatic rings. The van der Waals surface area contributed by atoms with Crippen molar-refractivity contribution in [2.45, 2.75) is 102 Å². The summed E-state index contributed by atoms with van der Waals surface area (Å²) in [6.45, 7) is 7.24. The van der Waals surface area contributed by atoms with Crippen molar-refractivity contribution >= 4 is 44.0 Å². The molecule has 0 aliphatic carbocycles. The van der Waals surface area contributed by atoms with Crippen LogP contribution in [-0.4, -0.2) is 13.4 Å². The van der Waals surface area contributed by atoms with Crippen LogP contribution >= 0.6 is 30.6 Å². The topological polar surface area (TPSA) is 0 Å². The minimum atomic E-state index is -1.07. The number of hydrogen-bond donors (Lipinski definition) is 0. The Morgan fingerprint density at radius 1 is 0.500 bits per heavy atom. The Hall–Kier alpha value is 1.39. The van der Waals surface area contributed by atoms with E-state index in [4.69, 9.17) is 0 Å². The van der Waals surface area contributed by atoms with Gasteiger partial charge in [-0.2, -0.15) is 0 Å². The van der Waals surface area contributed by atoms with Crippen molar-refractivity contribution in [2.75, 3.05) is 0 Å². The normalized spacial score (nSPS) is 12.9. The molecule has 0 bridgehead atoms. The maximum atomic E-state index is 4.19. The summed E-state index contributed by atoms with van der Waals surface area (Å²) in [5, 5.41) is 0. The summed E-state index contributed by atoms with van der Waals surface area (Å²) in [4.78, 5) is 0. The summed E-state index contributed by atoms with van der Waals surface area (Å²) in [5.74, 6) is 0. The first kappa shape index (κ1) is 21.4. The summed E-state index contributed by atoms with van der Waals surface area (Å²) in [6.07, 6.45) is 8.37. The molecule has 0 aromatic carbocycles. The lowest BCUT2D eigenvalue weighted by atomic mass is 10.4. The molecule has 122 valence electrons. The van der Waals surface area contributed by atoms with E-state index in [1.807, 2.05) is 0 Å². The molecule has 0 spiro atoms. The second-order valence-electron chi connectivity index (χ2n) is 6.51. The molecule has 0 fully saturated rings. The summed E-state index contributed by atoms with van der Waals surface area (Å²) in [5.41, 5.74) is 0. The molecule has 0 unspecified atom stereocenters. The van der Waals surface area contributed by atoms with Gasteiger partial charge < -0.3 is 0 Å². The Morgan fingerprint density at radius 2 is 0.750 bits per heavy atom. The molecule has 0 aliphatic heterocycles. The van der Waals surface area contributed by atoms with Crippen LogP contribution in [0, 0.1) is 0 Å². The first-order valence-electron chi connectivity index (χ1n) is 8.83. The van der Waals surface area contributed by atoms with Crippen molar-refractivity contribution in [1.82, 2.24) is 0 Å². The molecule has 0 aromatic rings. The largest absolute Gasteiger partial charge is 0.130 e.